The summed E-state index contributed by atoms with van der Waals surface area (Å²) in [6.07, 6.45) is 2.56. The predicted molar refractivity (Wildman–Crippen MR) is 78.7 cm³/mol. The highest BCUT2D eigenvalue weighted by Crippen LogP contribution is 2.24. The van der Waals surface area contributed by atoms with E-state index in [0.717, 1.165) is 22.0 Å². The van der Waals surface area contributed by atoms with Gasteiger partial charge < -0.3 is 0 Å². The number of hydrogen-bond acceptors (Lipinski definition) is 5. The number of halogens is 2. The van der Waals surface area contributed by atoms with Crippen LogP contribution < -0.4 is 15.7 Å². The summed E-state index contributed by atoms with van der Waals surface area (Å²) in [6.45, 7) is 0. The molecular formula is C12H5Cl2N3O2S. The van der Waals surface area contributed by atoms with Crippen LogP contribution >= 0.6 is 34.5 Å². The molecule has 0 aliphatic heterocycles. The van der Waals surface area contributed by atoms with E-state index >= 15 is 0 Å². The zero-order valence-corrected chi connectivity index (χ0v) is 12.0. The molecule has 8 heteroatoms. The Morgan fingerprint density at radius 1 is 1.20 bits per heavy atom. The molecule has 3 rings (SSSR count). The molecule has 0 radical (unpaired) electrons. The minimum absolute atomic E-state index is 0.233. The second kappa shape index (κ2) is 4.97. The van der Waals surface area contributed by atoms with Gasteiger partial charge in [0, 0.05) is 15.6 Å². The van der Waals surface area contributed by atoms with Crippen LogP contribution in [0.15, 0.2) is 34.0 Å². The fourth-order valence-corrected chi connectivity index (χ4v) is 3.06. The molecule has 0 N–H and O–H groups in total. The lowest BCUT2D eigenvalue weighted by Crippen LogP contribution is -2.25. The Labute approximate surface area is 125 Å². The third kappa shape index (κ3) is 2.22. The van der Waals surface area contributed by atoms with Crippen LogP contribution in [-0.4, -0.2) is 14.6 Å². The Balaban J connectivity index is 2.35. The maximum Gasteiger partial charge on any atom is 0.292 e. The van der Waals surface area contributed by atoms with Crippen LogP contribution in [0.4, 0.5) is 0 Å². The quantitative estimate of drug-likeness (QED) is 0.677. The lowest BCUT2D eigenvalue weighted by Gasteiger charge is -1.99. The predicted octanol–water partition coefficient (Wildman–Crippen LogP) is 1.37. The van der Waals surface area contributed by atoms with Crippen molar-refractivity contribution in [2.45, 2.75) is 0 Å². The molecular weight excluding hydrogens is 321 g/mol. The Hall–Kier alpha value is -1.76. The van der Waals surface area contributed by atoms with Crippen LogP contribution in [0, 0.1) is 0 Å². The highest BCUT2D eigenvalue weighted by molar-refractivity contribution is 7.15. The van der Waals surface area contributed by atoms with Gasteiger partial charge in [0.15, 0.2) is 0 Å². The minimum Gasteiger partial charge on any atom is -0.266 e. The SMILES string of the molecule is O=c1cnn2c(=O)c(=Cc3c(Cl)cccc3Cl)sc2n1. The van der Waals surface area contributed by atoms with Gasteiger partial charge in [0.05, 0.1) is 4.53 Å². The van der Waals surface area contributed by atoms with Gasteiger partial charge in [-0.1, -0.05) is 40.6 Å². The molecule has 0 saturated heterocycles. The van der Waals surface area contributed by atoms with Gasteiger partial charge >= 0.3 is 0 Å². The number of thiazole rings is 1. The van der Waals surface area contributed by atoms with Crippen molar-refractivity contribution in [3.8, 4) is 0 Å². The molecule has 0 bridgehead atoms. The minimum atomic E-state index is -0.492. The van der Waals surface area contributed by atoms with Gasteiger partial charge in [-0.25, -0.2) is 0 Å². The van der Waals surface area contributed by atoms with E-state index in [0.29, 0.717) is 20.1 Å². The molecule has 0 aliphatic carbocycles. The van der Waals surface area contributed by atoms with Crippen LogP contribution in [0.25, 0.3) is 11.0 Å². The Bertz CT molecular complexity index is 960. The van der Waals surface area contributed by atoms with E-state index in [9.17, 15) is 9.59 Å². The lowest BCUT2D eigenvalue weighted by atomic mass is 10.2. The Morgan fingerprint density at radius 2 is 1.90 bits per heavy atom. The Kier molecular flexibility index (Phi) is 3.29. The first-order chi connectivity index (χ1) is 9.56. The van der Waals surface area contributed by atoms with E-state index < -0.39 is 5.56 Å². The van der Waals surface area contributed by atoms with Crippen molar-refractivity contribution >= 4 is 45.6 Å². The molecule has 0 amide bonds. The molecule has 0 fully saturated rings. The van der Waals surface area contributed by atoms with E-state index in [1.165, 1.54) is 0 Å². The van der Waals surface area contributed by atoms with Crippen LogP contribution in [0.3, 0.4) is 0 Å². The van der Waals surface area contributed by atoms with E-state index in [4.69, 9.17) is 23.2 Å². The zero-order chi connectivity index (χ0) is 14.3. The maximum absolute atomic E-state index is 12.1. The largest absolute Gasteiger partial charge is 0.292 e. The highest BCUT2D eigenvalue weighted by atomic mass is 35.5. The van der Waals surface area contributed by atoms with Crippen molar-refractivity contribution in [3.63, 3.8) is 0 Å². The summed E-state index contributed by atoms with van der Waals surface area (Å²) in [5.41, 5.74) is -0.315. The van der Waals surface area contributed by atoms with Crippen LogP contribution in [0.2, 0.25) is 10.0 Å². The van der Waals surface area contributed by atoms with Gasteiger partial charge in [-0.2, -0.15) is 14.6 Å². The topological polar surface area (TPSA) is 64.3 Å². The summed E-state index contributed by atoms with van der Waals surface area (Å²) in [4.78, 5) is 27.2. The third-order valence-electron chi connectivity index (χ3n) is 2.55. The highest BCUT2D eigenvalue weighted by Gasteiger charge is 2.08. The van der Waals surface area contributed by atoms with E-state index in [1.54, 1.807) is 24.3 Å². The normalized spacial score (nSPS) is 12.2. The molecule has 3 aromatic rings. The molecule has 0 atom stereocenters. The summed E-state index contributed by atoms with van der Waals surface area (Å²) >= 11 is 13.2. The first kappa shape index (κ1) is 13.2. The number of benzene rings is 1. The fourth-order valence-electron chi connectivity index (χ4n) is 1.65. The third-order valence-corrected chi connectivity index (χ3v) is 4.17. The van der Waals surface area contributed by atoms with E-state index in [2.05, 4.69) is 10.1 Å². The zero-order valence-electron chi connectivity index (χ0n) is 9.71. The molecule has 2 heterocycles. The molecule has 0 unspecified atom stereocenters. The molecule has 5 nitrogen and oxygen atoms in total. The van der Waals surface area contributed by atoms with Gasteiger partial charge in [0.25, 0.3) is 11.1 Å². The van der Waals surface area contributed by atoms with Crippen molar-refractivity contribution in [3.05, 3.63) is 65.2 Å². The summed E-state index contributed by atoms with van der Waals surface area (Å²) in [6, 6.07) is 5.07. The number of nitrogens with zero attached hydrogens (tertiary/aromatic N) is 3. The van der Waals surface area contributed by atoms with Crippen LogP contribution in [0.1, 0.15) is 5.56 Å². The van der Waals surface area contributed by atoms with Crippen molar-refractivity contribution in [1.82, 2.24) is 14.6 Å². The molecule has 0 aliphatic rings. The van der Waals surface area contributed by atoms with Crippen LogP contribution in [0.5, 0.6) is 0 Å². The Morgan fingerprint density at radius 3 is 2.60 bits per heavy atom. The molecule has 20 heavy (non-hydrogen) atoms. The number of aromatic nitrogens is 3. The van der Waals surface area contributed by atoms with Crippen LogP contribution in [-0.2, 0) is 0 Å². The molecule has 2 aromatic heterocycles. The average Bonchev–Trinajstić information content (AvgIpc) is 2.70. The van der Waals surface area contributed by atoms with Gasteiger partial charge in [-0.3, -0.25) is 9.59 Å². The number of hydrogen-bond donors (Lipinski definition) is 0. The molecule has 1 aromatic carbocycles. The summed E-state index contributed by atoms with van der Waals surface area (Å²) in [5, 5.41) is 4.61. The van der Waals surface area contributed by atoms with E-state index in [-0.39, 0.29) is 10.5 Å². The lowest BCUT2D eigenvalue weighted by molar-refractivity contribution is 0.866. The first-order valence-electron chi connectivity index (χ1n) is 5.41. The second-order valence-corrected chi connectivity index (χ2v) is 5.66. The van der Waals surface area contributed by atoms with Crippen molar-refractivity contribution in [2.75, 3.05) is 0 Å². The van der Waals surface area contributed by atoms with Crippen molar-refractivity contribution < 1.29 is 0 Å². The standard InChI is InChI=1S/C12H5Cl2N3O2S/c13-7-2-1-3-8(14)6(7)4-9-11(19)17-12(20-9)16-10(18)5-15-17/h1-5H. The van der Waals surface area contributed by atoms with E-state index in [1.807, 2.05) is 0 Å². The molecule has 100 valence electrons. The monoisotopic (exact) mass is 325 g/mol. The van der Waals surface area contributed by atoms with Gasteiger partial charge in [0.1, 0.15) is 6.20 Å². The second-order valence-electron chi connectivity index (χ2n) is 3.84. The summed E-state index contributed by atoms with van der Waals surface area (Å²) in [7, 11) is 0. The number of rotatable bonds is 1. The summed E-state index contributed by atoms with van der Waals surface area (Å²) < 4.78 is 1.42. The van der Waals surface area contributed by atoms with Gasteiger partial charge in [-0.05, 0) is 18.2 Å². The first-order valence-corrected chi connectivity index (χ1v) is 6.98. The van der Waals surface area contributed by atoms with Crippen molar-refractivity contribution in [2.24, 2.45) is 0 Å². The fraction of sp³-hybridized carbons (Fsp3) is 0. The summed E-state index contributed by atoms with van der Waals surface area (Å²) in [5.74, 6) is 0. The molecule has 0 spiro atoms. The number of fused-ring (bicyclic) bond motifs is 1. The average molecular weight is 326 g/mol. The van der Waals surface area contributed by atoms with Gasteiger partial charge in [-0.15, -0.1) is 0 Å². The maximum atomic E-state index is 12.1. The molecule has 0 saturated carbocycles. The van der Waals surface area contributed by atoms with Crippen molar-refractivity contribution in [1.29, 1.82) is 0 Å². The smallest absolute Gasteiger partial charge is 0.266 e. The van der Waals surface area contributed by atoms with Gasteiger partial charge in [0.2, 0.25) is 4.96 Å².